The van der Waals surface area contributed by atoms with Crippen LogP contribution < -0.4 is 10.2 Å². The maximum Gasteiger partial charge on any atom is 0.136 e. The number of aryl methyl sites for hydroxylation is 1. The Bertz CT molecular complexity index is 621. The fourth-order valence-corrected chi connectivity index (χ4v) is 3.00. The van der Waals surface area contributed by atoms with E-state index in [4.69, 9.17) is 9.72 Å². The van der Waals surface area contributed by atoms with Gasteiger partial charge in [-0.3, -0.25) is 0 Å². The lowest BCUT2D eigenvalue weighted by molar-refractivity contribution is 0.211. The van der Waals surface area contributed by atoms with Crippen molar-refractivity contribution in [3.63, 3.8) is 0 Å². The van der Waals surface area contributed by atoms with E-state index in [0.29, 0.717) is 6.61 Å². The number of nitrogens with one attached hydrogen (secondary N) is 1. The van der Waals surface area contributed by atoms with E-state index in [1.807, 2.05) is 0 Å². The Balaban J connectivity index is 2.02. The van der Waals surface area contributed by atoms with Crippen molar-refractivity contribution in [2.24, 2.45) is 0 Å². The van der Waals surface area contributed by atoms with Gasteiger partial charge in [0, 0.05) is 48.9 Å². The quantitative estimate of drug-likeness (QED) is 0.856. The lowest BCUT2D eigenvalue weighted by atomic mass is 10.1. The lowest BCUT2D eigenvalue weighted by Crippen LogP contribution is -2.19. The van der Waals surface area contributed by atoms with Gasteiger partial charge in [0.05, 0.1) is 6.61 Å². The van der Waals surface area contributed by atoms with Crippen molar-refractivity contribution in [2.75, 3.05) is 43.6 Å². The summed E-state index contributed by atoms with van der Waals surface area (Å²) in [6.07, 6.45) is 2.53. The Morgan fingerprint density at radius 3 is 2.81 bits per heavy atom. The van der Waals surface area contributed by atoms with Crippen LogP contribution in [0.1, 0.15) is 18.5 Å². The molecule has 0 spiro atoms. The standard InChI is InChI=1S/C17H23N3O/c1-13-12-15-14(17(19-13)20-9-3-4-10-20)6-5-7-16(15)18-8-11-21-2/h5-7,12,18H,3-4,8-11H2,1-2H3. The van der Waals surface area contributed by atoms with Crippen molar-refractivity contribution in [2.45, 2.75) is 19.8 Å². The molecule has 21 heavy (non-hydrogen) atoms. The number of benzene rings is 1. The number of anilines is 2. The van der Waals surface area contributed by atoms with Gasteiger partial charge in [-0.25, -0.2) is 4.98 Å². The number of aromatic nitrogens is 1. The largest absolute Gasteiger partial charge is 0.383 e. The topological polar surface area (TPSA) is 37.4 Å². The number of nitrogens with zero attached hydrogens (tertiary/aromatic N) is 2. The van der Waals surface area contributed by atoms with Gasteiger partial charge < -0.3 is 15.0 Å². The molecule has 0 unspecified atom stereocenters. The molecule has 0 saturated carbocycles. The number of methoxy groups -OCH3 is 1. The predicted octanol–water partition coefficient (Wildman–Crippen LogP) is 3.20. The molecule has 4 heteroatoms. The average Bonchev–Trinajstić information content (AvgIpc) is 3.01. The van der Waals surface area contributed by atoms with Gasteiger partial charge in [0.1, 0.15) is 5.82 Å². The summed E-state index contributed by atoms with van der Waals surface area (Å²) in [6.45, 7) is 5.83. The number of hydrogen-bond donors (Lipinski definition) is 1. The Morgan fingerprint density at radius 2 is 2.05 bits per heavy atom. The van der Waals surface area contributed by atoms with Crippen molar-refractivity contribution >= 4 is 22.3 Å². The summed E-state index contributed by atoms with van der Waals surface area (Å²) in [5, 5.41) is 5.96. The molecule has 1 saturated heterocycles. The first-order valence-corrected chi connectivity index (χ1v) is 7.68. The molecule has 1 fully saturated rings. The second-order valence-electron chi connectivity index (χ2n) is 5.60. The first-order chi connectivity index (χ1) is 10.3. The van der Waals surface area contributed by atoms with Gasteiger partial charge in [0.25, 0.3) is 0 Å². The molecule has 2 aromatic rings. The van der Waals surface area contributed by atoms with Crippen LogP contribution in [-0.4, -0.2) is 38.3 Å². The van der Waals surface area contributed by atoms with Gasteiger partial charge in [0.15, 0.2) is 0 Å². The number of rotatable bonds is 5. The van der Waals surface area contributed by atoms with E-state index >= 15 is 0 Å². The molecule has 4 nitrogen and oxygen atoms in total. The molecule has 0 atom stereocenters. The first-order valence-electron chi connectivity index (χ1n) is 7.68. The third-order valence-corrected chi connectivity index (χ3v) is 4.01. The molecule has 0 radical (unpaired) electrons. The minimum Gasteiger partial charge on any atom is -0.383 e. The van der Waals surface area contributed by atoms with Crippen LogP contribution in [0.25, 0.3) is 10.8 Å². The molecular weight excluding hydrogens is 262 g/mol. The molecule has 0 aliphatic carbocycles. The van der Waals surface area contributed by atoms with Gasteiger partial charge >= 0.3 is 0 Å². The number of pyridine rings is 1. The minimum absolute atomic E-state index is 0.708. The average molecular weight is 285 g/mol. The predicted molar refractivity (Wildman–Crippen MR) is 88.3 cm³/mol. The zero-order valence-electron chi connectivity index (χ0n) is 12.9. The van der Waals surface area contributed by atoms with Crippen molar-refractivity contribution in [3.05, 3.63) is 30.0 Å². The Labute approximate surface area is 126 Å². The van der Waals surface area contributed by atoms with Crippen molar-refractivity contribution < 1.29 is 4.74 Å². The van der Waals surface area contributed by atoms with Gasteiger partial charge in [0.2, 0.25) is 0 Å². The van der Waals surface area contributed by atoms with E-state index in [9.17, 15) is 0 Å². The second-order valence-corrected chi connectivity index (χ2v) is 5.60. The van der Waals surface area contributed by atoms with Gasteiger partial charge in [-0.1, -0.05) is 12.1 Å². The van der Waals surface area contributed by atoms with E-state index in [1.165, 1.54) is 23.6 Å². The molecule has 1 aliphatic rings. The van der Waals surface area contributed by atoms with Crippen molar-refractivity contribution in [1.82, 2.24) is 4.98 Å². The maximum atomic E-state index is 5.12. The Hall–Kier alpha value is -1.81. The van der Waals surface area contributed by atoms with Crippen LogP contribution in [0.4, 0.5) is 11.5 Å². The van der Waals surface area contributed by atoms with Crippen molar-refractivity contribution in [3.8, 4) is 0 Å². The van der Waals surface area contributed by atoms with E-state index < -0.39 is 0 Å². The van der Waals surface area contributed by atoms with Crippen LogP contribution in [-0.2, 0) is 4.74 Å². The van der Waals surface area contributed by atoms with Crippen LogP contribution in [0, 0.1) is 6.92 Å². The number of fused-ring (bicyclic) bond motifs is 1. The SMILES string of the molecule is COCCNc1cccc2c(N3CCCC3)nc(C)cc12. The van der Waals surface area contributed by atoms with Gasteiger partial charge in [-0.2, -0.15) is 0 Å². The zero-order valence-corrected chi connectivity index (χ0v) is 12.9. The normalized spacial score (nSPS) is 14.9. The van der Waals surface area contributed by atoms with E-state index in [2.05, 4.69) is 41.4 Å². The summed E-state index contributed by atoms with van der Waals surface area (Å²) < 4.78 is 5.12. The highest BCUT2D eigenvalue weighted by Gasteiger charge is 2.17. The summed E-state index contributed by atoms with van der Waals surface area (Å²) in [5.74, 6) is 1.14. The minimum atomic E-state index is 0.708. The fraction of sp³-hybridized carbons (Fsp3) is 0.471. The molecule has 2 heterocycles. The first kappa shape index (κ1) is 14.1. The van der Waals surface area contributed by atoms with E-state index in [1.54, 1.807) is 7.11 Å². The molecular formula is C17H23N3O. The highest BCUT2D eigenvalue weighted by Crippen LogP contribution is 2.32. The van der Waals surface area contributed by atoms with Crippen LogP contribution in [0.5, 0.6) is 0 Å². The highest BCUT2D eigenvalue weighted by molar-refractivity contribution is 6.00. The van der Waals surface area contributed by atoms with Crippen LogP contribution in [0.15, 0.2) is 24.3 Å². The molecule has 0 bridgehead atoms. The van der Waals surface area contributed by atoms with Gasteiger partial charge in [-0.05, 0) is 31.9 Å². The molecule has 1 aliphatic heterocycles. The summed E-state index contributed by atoms with van der Waals surface area (Å²) in [5.41, 5.74) is 2.24. The third-order valence-electron chi connectivity index (χ3n) is 4.01. The number of hydrogen-bond acceptors (Lipinski definition) is 4. The monoisotopic (exact) mass is 285 g/mol. The summed E-state index contributed by atoms with van der Waals surface area (Å²) in [7, 11) is 1.73. The zero-order chi connectivity index (χ0) is 14.7. The molecule has 112 valence electrons. The van der Waals surface area contributed by atoms with Crippen LogP contribution in [0.2, 0.25) is 0 Å². The maximum absolute atomic E-state index is 5.12. The lowest BCUT2D eigenvalue weighted by Gasteiger charge is -2.20. The third kappa shape index (κ3) is 2.95. The van der Waals surface area contributed by atoms with E-state index in [0.717, 1.165) is 36.8 Å². The Morgan fingerprint density at radius 1 is 1.24 bits per heavy atom. The Kier molecular flexibility index (Phi) is 4.25. The fourth-order valence-electron chi connectivity index (χ4n) is 3.00. The smallest absolute Gasteiger partial charge is 0.136 e. The highest BCUT2D eigenvalue weighted by atomic mass is 16.5. The van der Waals surface area contributed by atoms with Crippen LogP contribution >= 0.6 is 0 Å². The van der Waals surface area contributed by atoms with Gasteiger partial charge in [-0.15, -0.1) is 0 Å². The van der Waals surface area contributed by atoms with Crippen LogP contribution in [0.3, 0.4) is 0 Å². The molecule has 1 aromatic carbocycles. The number of ether oxygens (including phenoxy) is 1. The summed E-state index contributed by atoms with van der Waals surface area (Å²) >= 11 is 0. The molecule has 1 N–H and O–H groups in total. The second kappa shape index (κ2) is 6.31. The summed E-state index contributed by atoms with van der Waals surface area (Å²) in [4.78, 5) is 7.21. The summed E-state index contributed by atoms with van der Waals surface area (Å²) in [6, 6.07) is 8.58. The van der Waals surface area contributed by atoms with E-state index in [-0.39, 0.29) is 0 Å². The van der Waals surface area contributed by atoms with Crippen molar-refractivity contribution in [1.29, 1.82) is 0 Å². The molecule has 0 amide bonds. The molecule has 3 rings (SSSR count). The molecule has 1 aromatic heterocycles.